The fraction of sp³-hybridized carbons (Fsp3) is 0.458. The second-order valence-corrected chi connectivity index (χ2v) is 8.22. The molecule has 1 atom stereocenters. The van der Waals surface area contributed by atoms with Crippen LogP contribution < -0.4 is 15.4 Å². The second kappa shape index (κ2) is 12.2. The Morgan fingerprint density at radius 3 is 2.94 bits per heavy atom. The maximum atomic E-state index is 9.42. The number of nitrogens with one attached hydrogen (secondary N) is 2. The Hall–Kier alpha value is -2.69. The van der Waals surface area contributed by atoms with Crippen LogP contribution in [0.2, 0.25) is 0 Å². The summed E-state index contributed by atoms with van der Waals surface area (Å²) >= 11 is 1.22. The van der Waals surface area contributed by atoms with E-state index in [-0.39, 0.29) is 5.92 Å². The first-order valence-corrected chi connectivity index (χ1v) is 11.7. The van der Waals surface area contributed by atoms with E-state index in [0.717, 1.165) is 67.7 Å². The lowest BCUT2D eigenvalue weighted by atomic mass is 9.94. The average Bonchev–Trinajstić information content (AvgIpc) is 3.27. The van der Waals surface area contributed by atoms with Crippen LogP contribution in [-0.2, 0) is 0 Å². The minimum atomic E-state index is -0.0534. The number of hydrogen-bond donors (Lipinski definition) is 2. The van der Waals surface area contributed by atoms with E-state index in [9.17, 15) is 5.26 Å². The fourth-order valence-corrected chi connectivity index (χ4v) is 4.04. The SMILES string of the molecule is CCC1=C\C(C#N)C/C=C(\C)N/C=C\1CCCCNCCOc1ccc2nsnc2c1. The molecule has 0 radical (unpaired) electrons. The number of unbranched alkanes of at least 4 members (excludes halogenated alkanes) is 1. The lowest BCUT2D eigenvalue weighted by molar-refractivity contribution is 0.314. The quantitative estimate of drug-likeness (QED) is 0.504. The molecule has 1 aliphatic rings. The van der Waals surface area contributed by atoms with Gasteiger partial charge in [-0.05, 0) is 68.9 Å². The summed E-state index contributed by atoms with van der Waals surface area (Å²) in [6.45, 7) is 6.62. The van der Waals surface area contributed by atoms with E-state index < -0.39 is 0 Å². The second-order valence-electron chi connectivity index (χ2n) is 7.69. The van der Waals surface area contributed by atoms with Gasteiger partial charge in [0.25, 0.3) is 0 Å². The zero-order valence-electron chi connectivity index (χ0n) is 18.4. The minimum Gasteiger partial charge on any atom is -0.492 e. The van der Waals surface area contributed by atoms with Gasteiger partial charge in [0.05, 0.1) is 23.7 Å². The van der Waals surface area contributed by atoms with Gasteiger partial charge in [0, 0.05) is 24.5 Å². The zero-order chi connectivity index (χ0) is 21.9. The Kier molecular flexibility index (Phi) is 9.07. The van der Waals surface area contributed by atoms with Crippen LogP contribution in [0.15, 0.2) is 53.4 Å². The lowest BCUT2D eigenvalue weighted by Gasteiger charge is -2.13. The molecule has 1 aromatic carbocycles. The van der Waals surface area contributed by atoms with Gasteiger partial charge in [0.2, 0.25) is 0 Å². The predicted molar refractivity (Wildman–Crippen MR) is 127 cm³/mol. The van der Waals surface area contributed by atoms with Crippen molar-refractivity contribution in [3.05, 3.63) is 53.4 Å². The first-order chi connectivity index (χ1) is 15.2. The van der Waals surface area contributed by atoms with E-state index in [4.69, 9.17) is 4.74 Å². The summed E-state index contributed by atoms with van der Waals surface area (Å²) in [6.07, 6.45) is 11.3. The summed E-state index contributed by atoms with van der Waals surface area (Å²) in [5, 5.41) is 16.3. The van der Waals surface area contributed by atoms with Gasteiger partial charge in [-0.15, -0.1) is 0 Å². The average molecular weight is 438 g/mol. The number of allylic oxidation sites excluding steroid dienone is 5. The predicted octanol–water partition coefficient (Wildman–Crippen LogP) is 5.09. The molecule has 6 nitrogen and oxygen atoms in total. The van der Waals surface area contributed by atoms with Crippen molar-refractivity contribution in [1.82, 2.24) is 19.4 Å². The van der Waals surface area contributed by atoms with Crippen LogP contribution in [0.4, 0.5) is 0 Å². The number of aromatic nitrogens is 2. The van der Waals surface area contributed by atoms with Gasteiger partial charge < -0.3 is 15.4 Å². The van der Waals surface area contributed by atoms with Gasteiger partial charge in [-0.1, -0.05) is 19.1 Å². The van der Waals surface area contributed by atoms with Crippen LogP contribution in [0.25, 0.3) is 11.0 Å². The molecule has 164 valence electrons. The molecule has 2 aromatic rings. The maximum Gasteiger partial charge on any atom is 0.121 e. The number of benzene rings is 1. The Morgan fingerprint density at radius 1 is 1.23 bits per heavy atom. The molecule has 2 heterocycles. The number of ether oxygens (including phenoxy) is 1. The highest BCUT2D eigenvalue weighted by Crippen LogP contribution is 2.24. The van der Waals surface area contributed by atoms with Crippen molar-refractivity contribution in [3.8, 4) is 11.8 Å². The third kappa shape index (κ3) is 7.20. The number of nitriles is 1. The van der Waals surface area contributed by atoms with Crippen LogP contribution in [0.5, 0.6) is 5.75 Å². The van der Waals surface area contributed by atoms with Crippen molar-refractivity contribution in [3.63, 3.8) is 0 Å². The molecule has 0 bridgehead atoms. The summed E-state index contributed by atoms with van der Waals surface area (Å²) in [5.74, 6) is 0.780. The molecule has 3 rings (SSSR count). The van der Waals surface area contributed by atoms with Crippen LogP contribution in [0.3, 0.4) is 0 Å². The first kappa shape index (κ1) is 23.0. The van der Waals surface area contributed by atoms with E-state index in [2.05, 4.69) is 57.6 Å². The third-order valence-corrected chi connectivity index (χ3v) is 5.89. The molecular weight excluding hydrogens is 406 g/mol. The molecule has 0 amide bonds. The molecule has 1 aliphatic heterocycles. The molecule has 7 heteroatoms. The van der Waals surface area contributed by atoms with Crippen molar-refractivity contribution in [2.24, 2.45) is 5.92 Å². The molecule has 1 unspecified atom stereocenters. The van der Waals surface area contributed by atoms with Gasteiger partial charge in [-0.2, -0.15) is 14.0 Å². The standard InChI is InChI=1S/C24H31N5OS/c1-3-20-14-19(16-25)8-7-18(2)27-17-21(20)6-4-5-11-26-12-13-30-22-9-10-23-24(15-22)29-31-28-23/h7,9-10,14-15,17,19,26-27H,3-6,8,11-13H2,1-2H3/b18-7+,20-14+,21-17-. The molecular formula is C24H31N5OS. The highest BCUT2D eigenvalue weighted by molar-refractivity contribution is 7.00. The monoisotopic (exact) mass is 437 g/mol. The first-order valence-electron chi connectivity index (χ1n) is 11.0. The van der Waals surface area contributed by atoms with Crippen molar-refractivity contribution in [2.75, 3.05) is 19.7 Å². The Morgan fingerprint density at radius 2 is 2.10 bits per heavy atom. The van der Waals surface area contributed by atoms with Gasteiger partial charge in [-0.3, -0.25) is 0 Å². The molecule has 31 heavy (non-hydrogen) atoms. The molecule has 0 saturated heterocycles. The van der Waals surface area contributed by atoms with Crippen molar-refractivity contribution < 1.29 is 4.74 Å². The Labute approximate surface area is 189 Å². The van der Waals surface area contributed by atoms with Crippen molar-refractivity contribution in [1.29, 1.82) is 5.26 Å². The topological polar surface area (TPSA) is 82.9 Å². The van der Waals surface area contributed by atoms with Crippen LogP contribution in [0.1, 0.15) is 46.0 Å². The van der Waals surface area contributed by atoms with Crippen molar-refractivity contribution >= 4 is 22.8 Å². The molecule has 0 spiro atoms. The summed E-state index contributed by atoms with van der Waals surface area (Å²) in [7, 11) is 0. The van der Waals surface area contributed by atoms with Crippen LogP contribution in [0, 0.1) is 17.2 Å². The Bertz CT molecular complexity index is 985. The minimum absolute atomic E-state index is 0.0534. The van der Waals surface area contributed by atoms with Gasteiger partial charge in [-0.25, -0.2) is 0 Å². The number of nitrogens with zero attached hydrogens (tertiary/aromatic N) is 3. The largest absolute Gasteiger partial charge is 0.492 e. The van der Waals surface area contributed by atoms with Crippen LogP contribution in [-0.4, -0.2) is 28.4 Å². The highest BCUT2D eigenvalue weighted by atomic mass is 32.1. The third-order valence-electron chi connectivity index (χ3n) is 5.34. The van der Waals surface area contributed by atoms with E-state index in [1.54, 1.807) is 0 Å². The summed E-state index contributed by atoms with van der Waals surface area (Å²) in [6, 6.07) is 8.23. The van der Waals surface area contributed by atoms with Crippen LogP contribution >= 0.6 is 11.7 Å². The molecule has 2 N–H and O–H groups in total. The fourth-order valence-electron chi connectivity index (χ4n) is 3.53. The number of hydrogen-bond acceptors (Lipinski definition) is 7. The van der Waals surface area contributed by atoms with Gasteiger partial charge in [0.1, 0.15) is 23.4 Å². The molecule has 0 aliphatic carbocycles. The summed E-state index contributed by atoms with van der Waals surface area (Å²) < 4.78 is 14.2. The smallest absolute Gasteiger partial charge is 0.121 e. The number of rotatable bonds is 10. The van der Waals surface area contributed by atoms with Gasteiger partial charge in [0.15, 0.2) is 0 Å². The maximum absolute atomic E-state index is 9.42. The summed E-state index contributed by atoms with van der Waals surface area (Å²) in [4.78, 5) is 0. The lowest BCUT2D eigenvalue weighted by Crippen LogP contribution is -2.22. The van der Waals surface area contributed by atoms with E-state index >= 15 is 0 Å². The normalized spacial score (nSPS) is 21.8. The van der Waals surface area contributed by atoms with Crippen molar-refractivity contribution in [2.45, 2.75) is 46.0 Å². The Balaban J connectivity index is 1.37. The molecule has 1 aromatic heterocycles. The van der Waals surface area contributed by atoms with E-state index in [0.29, 0.717) is 6.61 Å². The molecule has 0 fully saturated rings. The highest BCUT2D eigenvalue weighted by Gasteiger charge is 2.10. The van der Waals surface area contributed by atoms with Gasteiger partial charge >= 0.3 is 0 Å². The zero-order valence-corrected chi connectivity index (χ0v) is 19.2. The summed E-state index contributed by atoms with van der Waals surface area (Å²) in [5.41, 5.74) is 5.51. The molecule has 0 saturated carbocycles. The number of fused-ring (bicyclic) bond motifs is 1. The van der Waals surface area contributed by atoms with E-state index in [1.807, 2.05) is 18.2 Å². The van der Waals surface area contributed by atoms with E-state index in [1.165, 1.54) is 22.9 Å².